The fourth-order valence-electron chi connectivity index (χ4n) is 3.20. The third-order valence-electron chi connectivity index (χ3n) is 4.83. The summed E-state index contributed by atoms with van der Waals surface area (Å²) in [5.74, 6) is -0.293. The van der Waals surface area contributed by atoms with Crippen LogP contribution in [0.2, 0.25) is 0 Å². The molecule has 0 aromatic heterocycles. The van der Waals surface area contributed by atoms with Crippen LogP contribution in [-0.2, 0) is 4.79 Å². The lowest BCUT2D eigenvalue weighted by Crippen LogP contribution is -2.32. The number of amides is 3. The minimum Gasteiger partial charge on any atom is -0.376 e. The number of carbonyl (C=O) groups excluding carboxylic acids is 3. The molecule has 3 amide bonds. The molecule has 2 aromatic carbocycles. The molecule has 2 aromatic rings. The van der Waals surface area contributed by atoms with Gasteiger partial charge in [0.05, 0.1) is 6.54 Å². The molecule has 0 saturated heterocycles. The maximum absolute atomic E-state index is 12.6. The van der Waals surface area contributed by atoms with Gasteiger partial charge in [-0.1, -0.05) is 20.8 Å². The van der Waals surface area contributed by atoms with E-state index in [4.69, 9.17) is 0 Å². The molecule has 0 aliphatic rings. The van der Waals surface area contributed by atoms with Gasteiger partial charge in [-0.2, -0.15) is 0 Å². The topological polar surface area (TPSA) is 90.5 Å². The van der Waals surface area contributed by atoms with E-state index in [1.807, 2.05) is 11.8 Å². The zero-order valence-electron chi connectivity index (χ0n) is 19.2. The number of benzene rings is 2. The van der Waals surface area contributed by atoms with Crippen LogP contribution in [0.3, 0.4) is 0 Å². The Morgan fingerprint density at radius 2 is 1.31 bits per heavy atom. The maximum atomic E-state index is 12.6. The quantitative estimate of drug-likeness (QED) is 0.465. The van der Waals surface area contributed by atoms with E-state index < -0.39 is 0 Å². The summed E-state index contributed by atoms with van der Waals surface area (Å²) in [5, 5.41) is 8.69. The van der Waals surface area contributed by atoms with Crippen LogP contribution >= 0.6 is 0 Å². The summed E-state index contributed by atoms with van der Waals surface area (Å²) in [6.07, 6.45) is 2.72. The van der Waals surface area contributed by atoms with Gasteiger partial charge in [-0.05, 0) is 67.8 Å². The molecule has 2 rings (SSSR count). The van der Waals surface area contributed by atoms with E-state index in [0.717, 1.165) is 38.0 Å². The lowest BCUT2D eigenvalue weighted by atomic mass is 10.1. The number of nitrogens with one attached hydrogen (secondary N) is 3. The number of hydrogen-bond donors (Lipinski definition) is 3. The molecule has 0 radical (unpaired) electrons. The summed E-state index contributed by atoms with van der Waals surface area (Å²) in [6, 6.07) is 14.0. The number of nitrogens with zero attached hydrogens (tertiary/aromatic N) is 1. The highest BCUT2D eigenvalue weighted by atomic mass is 16.2. The smallest absolute Gasteiger partial charge is 0.253 e. The van der Waals surface area contributed by atoms with Gasteiger partial charge in [0.2, 0.25) is 5.91 Å². The molecular formula is C25H34N4O3. The van der Waals surface area contributed by atoms with E-state index in [1.54, 1.807) is 48.5 Å². The molecule has 0 spiro atoms. The Labute approximate surface area is 190 Å². The van der Waals surface area contributed by atoms with Crippen molar-refractivity contribution in [2.24, 2.45) is 0 Å². The van der Waals surface area contributed by atoms with Crippen molar-refractivity contribution in [3.8, 4) is 0 Å². The predicted molar refractivity (Wildman–Crippen MR) is 129 cm³/mol. The monoisotopic (exact) mass is 438 g/mol. The van der Waals surface area contributed by atoms with Crippen LogP contribution in [0.1, 0.15) is 60.7 Å². The highest BCUT2D eigenvalue weighted by Crippen LogP contribution is 2.13. The summed E-state index contributed by atoms with van der Waals surface area (Å²) >= 11 is 0. The van der Waals surface area contributed by atoms with E-state index in [1.165, 1.54) is 0 Å². The van der Waals surface area contributed by atoms with Crippen LogP contribution in [0.4, 0.5) is 11.4 Å². The van der Waals surface area contributed by atoms with Gasteiger partial charge in [-0.25, -0.2) is 0 Å². The fraction of sp³-hybridized carbons (Fsp3) is 0.400. The maximum Gasteiger partial charge on any atom is 0.253 e. The summed E-state index contributed by atoms with van der Waals surface area (Å²) < 4.78 is 0. The van der Waals surface area contributed by atoms with Crippen molar-refractivity contribution >= 4 is 29.1 Å². The standard InChI is InChI=1S/C25H34N4O3/c1-4-15-26-24(31)19-7-11-21(12-8-19)27-18-23(30)28-22-13-9-20(10-14-22)25(32)29(16-5-2)17-6-3/h7-14,27H,4-6,15-18H2,1-3H3,(H,26,31)(H,28,30). The number of anilines is 2. The lowest BCUT2D eigenvalue weighted by molar-refractivity contribution is -0.114. The number of hydrogen-bond acceptors (Lipinski definition) is 4. The van der Waals surface area contributed by atoms with E-state index in [9.17, 15) is 14.4 Å². The van der Waals surface area contributed by atoms with Crippen molar-refractivity contribution in [3.05, 3.63) is 59.7 Å². The third-order valence-corrected chi connectivity index (χ3v) is 4.83. The Hall–Kier alpha value is -3.35. The van der Waals surface area contributed by atoms with E-state index in [0.29, 0.717) is 23.4 Å². The molecule has 0 bridgehead atoms. The van der Waals surface area contributed by atoms with Crippen molar-refractivity contribution in [2.45, 2.75) is 40.0 Å². The van der Waals surface area contributed by atoms with Crippen molar-refractivity contribution in [1.29, 1.82) is 0 Å². The molecular weight excluding hydrogens is 404 g/mol. The predicted octanol–water partition coefficient (Wildman–Crippen LogP) is 4.14. The molecule has 172 valence electrons. The Balaban J connectivity index is 1.85. The second kappa shape index (κ2) is 13.1. The van der Waals surface area contributed by atoms with Crippen LogP contribution in [0.5, 0.6) is 0 Å². The highest BCUT2D eigenvalue weighted by Gasteiger charge is 2.14. The van der Waals surface area contributed by atoms with Crippen molar-refractivity contribution in [2.75, 3.05) is 36.8 Å². The van der Waals surface area contributed by atoms with Crippen LogP contribution < -0.4 is 16.0 Å². The average Bonchev–Trinajstić information content (AvgIpc) is 2.81. The number of carbonyl (C=O) groups is 3. The molecule has 0 heterocycles. The van der Waals surface area contributed by atoms with Crippen LogP contribution in [0.15, 0.2) is 48.5 Å². The zero-order chi connectivity index (χ0) is 23.3. The van der Waals surface area contributed by atoms with Gasteiger partial charge in [0, 0.05) is 42.1 Å². The van der Waals surface area contributed by atoms with Gasteiger partial charge in [-0.3, -0.25) is 14.4 Å². The second-order valence-corrected chi connectivity index (χ2v) is 7.60. The van der Waals surface area contributed by atoms with Gasteiger partial charge in [0.1, 0.15) is 0 Å². The Morgan fingerprint density at radius 1 is 0.750 bits per heavy atom. The largest absolute Gasteiger partial charge is 0.376 e. The molecule has 0 saturated carbocycles. The van der Waals surface area contributed by atoms with Crippen molar-refractivity contribution in [3.63, 3.8) is 0 Å². The van der Waals surface area contributed by atoms with Gasteiger partial charge < -0.3 is 20.9 Å². The van der Waals surface area contributed by atoms with Gasteiger partial charge in [0.15, 0.2) is 0 Å². The molecule has 0 fully saturated rings. The first-order chi connectivity index (χ1) is 15.5. The summed E-state index contributed by atoms with van der Waals surface area (Å²) in [4.78, 5) is 38.7. The Kier molecular flexibility index (Phi) is 10.2. The normalized spacial score (nSPS) is 10.3. The Bertz CT molecular complexity index is 873. The van der Waals surface area contributed by atoms with Crippen LogP contribution in [0, 0.1) is 0 Å². The fourth-order valence-corrected chi connectivity index (χ4v) is 3.20. The first kappa shape index (κ1) is 24.9. The van der Waals surface area contributed by atoms with Crippen molar-refractivity contribution in [1.82, 2.24) is 10.2 Å². The first-order valence-corrected chi connectivity index (χ1v) is 11.3. The van der Waals surface area contributed by atoms with E-state index in [2.05, 4.69) is 29.8 Å². The van der Waals surface area contributed by atoms with Crippen LogP contribution in [0.25, 0.3) is 0 Å². The van der Waals surface area contributed by atoms with E-state index >= 15 is 0 Å². The minimum atomic E-state index is -0.201. The highest BCUT2D eigenvalue weighted by molar-refractivity contribution is 5.97. The average molecular weight is 439 g/mol. The molecule has 7 heteroatoms. The summed E-state index contributed by atoms with van der Waals surface area (Å²) in [7, 11) is 0. The number of rotatable bonds is 12. The van der Waals surface area contributed by atoms with Crippen molar-refractivity contribution < 1.29 is 14.4 Å². The molecule has 0 aliphatic heterocycles. The molecule has 0 atom stereocenters. The molecule has 0 unspecified atom stereocenters. The summed E-state index contributed by atoms with van der Waals surface area (Å²) in [5.41, 5.74) is 2.58. The van der Waals surface area contributed by atoms with E-state index in [-0.39, 0.29) is 24.3 Å². The third kappa shape index (κ3) is 7.72. The second-order valence-electron chi connectivity index (χ2n) is 7.60. The minimum absolute atomic E-state index is 0.0139. The molecule has 7 nitrogen and oxygen atoms in total. The first-order valence-electron chi connectivity index (χ1n) is 11.3. The lowest BCUT2D eigenvalue weighted by Gasteiger charge is -2.21. The molecule has 0 aliphatic carbocycles. The molecule has 3 N–H and O–H groups in total. The van der Waals surface area contributed by atoms with Gasteiger partial charge in [-0.15, -0.1) is 0 Å². The molecule has 32 heavy (non-hydrogen) atoms. The Morgan fingerprint density at radius 3 is 1.88 bits per heavy atom. The van der Waals surface area contributed by atoms with Gasteiger partial charge >= 0.3 is 0 Å². The SMILES string of the molecule is CCCNC(=O)c1ccc(NCC(=O)Nc2ccc(C(=O)N(CCC)CCC)cc2)cc1. The summed E-state index contributed by atoms with van der Waals surface area (Å²) in [6.45, 7) is 8.32. The van der Waals surface area contributed by atoms with Gasteiger partial charge in [0.25, 0.3) is 11.8 Å². The zero-order valence-corrected chi connectivity index (χ0v) is 19.2. The van der Waals surface area contributed by atoms with Crippen LogP contribution in [-0.4, -0.2) is 48.8 Å².